The lowest BCUT2D eigenvalue weighted by Gasteiger charge is -2.14. The van der Waals surface area contributed by atoms with Gasteiger partial charge in [0, 0.05) is 11.3 Å². The lowest BCUT2D eigenvalue weighted by Crippen LogP contribution is -2.30. The second-order valence-corrected chi connectivity index (χ2v) is 6.13. The summed E-state index contributed by atoms with van der Waals surface area (Å²) in [5, 5.41) is 2.53. The number of halogens is 3. The molecule has 0 aliphatic carbocycles. The van der Waals surface area contributed by atoms with Crippen molar-refractivity contribution in [1.29, 1.82) is 0 Å². The molecule has 8 heteroatoms. The minimum Gasteiger partial charge on any atom is -0.452 e. The molecule has 0 spiro atoms. The van der Waals surface area contributed by atoms with Crippen molar-refractivity contribution in [2.75, 3.05) is 5.32 Å². The molecule has 1 N–H and O–H groups in total. The number of esters is 1. The van der Waals surface area contributed by atoms with Crippen LogP contribution in [0.3, 0.4) is 0 Å². The molecule has 5 nitrogen and oxygen atoms in total. The number of alkyl halides is 3. The van der Waals surface area contributed by atoms with Crippen LogP contribution >= 0.6 is 0 Å². The van der Waals surface area contributed by atoms with E-state index in [1.165, 1.54) is 38.1 Å². The Hall–Kier alpha value is -3.16. The first-order valence-corrected chi connectivity index (χ1v) is 8.34. The van der Waals surface area contributed by atoms with Crippen molar-refractivity contribution < 1.29 is 32.3 Å². The molecule has 0 aromatic heterocycles. The molecule has 0 saturated carbocycles. The Balaban J connectivity index is 1.92. The molecule has 0 unspecified atom stereocenters. The monoisotopic (exact) mass is 393 g/mol. The van der Waals surface area contributed by atoms with Crippen LogP contribution in [0.5, 0.6) is 0 Å². The molecular formula is C20H18F3NO4. The van der Waals surface area contributed by atoms with Gasteiger partial charge in [0.15, 0.2) is 11.9 Å². The number of benzene rings is 2. The Kier molecular flexibility index (Phi) is 6.56. The lowest BCUT2D eigenvalue weighted by atomic mass is 10.1. The minimum absolute atomic E-state index is 0.116. The number of rotatable bonds is 6. The standard InChI is InChI=1S/C20H18F3NO4/c1-12(25)15-6-8-17(9-7-15)24-19(27)13(2)28-18(26)11-14-4-3-5-16(10-14)20(21,22)23/h3-10,13H,11H2,1-2H3,(H,24,27)/t13-/m0/s1. The maximum atomic E-state index is 12.7. The van der Waals surface area contributed by atoms with Gasteiger partial charge in [0.05, 0.1) is 12.0 Å². The molecule has 28 heavy (non-hydrogen) atoms. The maximum absolute atomic E-state index is 12.7. The van der Waals surface area contributed by atoms with Crippen molar-refractivity contribution in [3.05, 3.63) is 65.2 Å². The highest BCUT2D eigenvalue weighted by Crippen LogP contribution is 2.29. The van der Waals surface area contributed by atoms with Gasteiger partial charge < -0.3 is 10.1 Å². The third kappa shape index (κ3) is 5.94. The predicted molar refractivity (Wildman–Crippen MR) is 95.8 cm³/mol. The lowest BCUT2D eigenvalue weighted by molar-refractivity contribution is -0.152. The molecule has 0 saturated heterocycles. The van der Waals surface area contributed by atoms with Gasteiger partial charge in [-0.3, -0.25) is 14.4 Å². The number of ketones is 1. The first kappa shape index (κ1) is 21.1. The molecule has 0 fully saturated rings. The van der Waals surface area contributed by atoms with Gasteiger partial charge in [-0.15, -0.1) is 0 Å². The largest absolute Gasteiger partial charge is 0.452 e. The van der Waals surface area contributed by atoms with E-state index in [0.717, 1.165) is 12.1 Å². The van der Waals surface area contributed by atoms with Gasteiger partial charge in [-0.2, -0.15) is 13.2 Å². The molecule has 2 rings (SSSR count). The predicted octanol–water partition coefficient (Wildman–Crippen LogP) is 4.02. The highest BCUT2D eigenvalue weighted by molar-refractivity contribution is 5.97. The molecule has 2 aromatic carbocycles. The van der Waals surface area contributed by atoms with E-state index in [1.54, 1.807) is 12.1 Å². The number of anilines is 1. The molecule has 1 amide bonds. The highest BCUT2D eigenvalue weighted by atomic mass is 19.4. The fourth-order valence-corrected chi connectivity index (χ4v) is 2.35. The zero-order valence-corrected chi connectivity index (χ0v) is 15.2. The normalized spacial score (nSPS) is 12.2. The summed E-state index contributed by atoms with van der Waals surface area (Å²) in [6, 6.07) is 10.5. The van der Waals surface area contributed by atoms with E-state index in [2.05, 4.69) is 5.32 Å². The molecule has 1 atom stereocenters. The van der Waals surface area contributed by atoms with Crippen molar-refractivity contribution in [2.24, 2.45) is 0 Å². The van der Waals surface area contributed by atoms with Crippen molar-refractivity contribution in [3.63, 3.8) is 0 Å². The van der Waals surface area contributed by atoms with Crippen molar-refractivity contribution in [2.45, 2.75) is 32.5 Å². The number of hydrogen-bond acceptors (Lipinski definition) is 4. The van der Waals surface area contributed by atoms with Crippen LogP contribution in [0.15, 0.2) is 48.5 Å². The SMILES string of the molecule is CC(=O)c1ccc(NC(=O)[C@H](C)OC(=O)Cc2cccc(C(F)(F)F)c2)cc1. The number of carbonyl (C=O) groups is 3. The van der Waals surface area contributed by atoms with Gasteiger partial charge in [0.2, 0.25) is 0 Å². The van der Waals surface area contributed by atoms with Gasteiger partial charge in [-0.25, -0.2) is 0 Å². The zero-order chi connectivity index (χ0) is 20.9. The molecule has 0 radical (unpaired) electrons. The third-order valence-electron chi connectivity index (χ3n) is 3.84. The highest BCUT2D eigenvalue weighted by Gasteiger charge is 2.30. The quantitative estimate of drug-likeness (QED) is 0.594. The van der Waals surface area contributed by atoms with E-state index in [0.29, 0.717) is 11.3 Å². The van der Waals surface area contributed by atoms with E-state index in [9.17, 15) is 27.6 Å². The van der Waals surface area contributed by atoms with Crippen LogP contribution in [0.2, 0.25) is 0 Å². The second-order valence-electron chi connectivity index (χ2n) is 6.13. The van der Waals surface area contributed by atoms with E-state index >= 15 is 0 Å². The average molecular weight is 393 g/mol. The van der Waals surface area contributed by atoms with Gasteiger partial charge >= 0.3 is 12.1 Å². The first-order chi connectivity index (χ1) is 13.1. The molecule has 2 aromatic rings. The number of hydrogen-bond donors (Lipinski definition) is 1. The fraction of sp³-hybridized carbons (Fsp3) is 0.250. The second kappa shape index (κ2) is 8.69. The number of Topliss-reactive ketones (excluding diaryl/α,β-unsaturated/α-hetero) is 1. The van der Waals surface area contributed by atoms with Gasteiger partial charge in [0.1, 0.15) is 0 Å². The van der Waals surface area contributed by atoms with Gasteiger partial charge in [-0.1, -0.05) is 18.2 Å². The van der Waals surface area contributed by atoms with Crippen LogP contribution in [0.1, 0.15) is 35.3 Å². The maximum Gasteiger partial charge on any atom is 0.416 e. The Morgan fingerprint density at radius 3 is 2.29 bits per heavy atom. The van der Waals surface area contributed by atoms with E-state index in [4.69, 9.17) is 4.74 Å². The summed E-state index contributed by atoms with van der Waals surface area (Å²) < 4.78 is 43.1. The van der Waals surface area contributed by atoms with Crippen molar-refractivity contribution in [1.82, 2.24) is 0 Å². The van der Waals surface area contributed by atoms with Crippen LogP contribution in [0, 0.1) is 0 Å². The summed E-state index contributed by atoms with van der Waals surface area (Å²) in [6.07, 6.45) is -6.05. The summed E-state index contributed by atoms with van der Waals surface area (Å²) in [6.45, 7) is 2.77. The fourth-order valence-electron chi connectivity index (χ4n) is 2.35. The number of nitrogens with one attached hydrogen (secondary N) is 1. The minimum atomic E-state index is -4.51. The summed E-state index contributed by atoms with van der Waals surface area (Å²) >= 11 is 0. The Labute approximate surface area is 159 Å². The van der Waals surface area contributed by atoms with E-state index in [-0.39, 0.29) is 11.3 Å². The third-order valence-corrected chi connectivity index (χ3v) is 3.84. The number of carbonyl (C=O) groups excluding carboxylic acids is 3. The molecular weight excluding hydrogens is 375 g/mol. The molecule has 0 aliphatic rings. The first-order valence-electron chi connectivity index (χ1n) is 8.34. The number of ether oxygens (including phenoxy) is 1. The van der Waals surface area contributed by atoms with Crippen LogP contribution in [0.25, 0.3) is 0 Å². The summed E-state index contributed by atoms with van der Waals surface area (Å²) in [7, 11) is 0. The summed E-state index contributed by atoms with van der Waals surface area (Å²) in [5.74, 6) is -1.54. The Morgan fingerprint density at radius 2 is 1.71 bits per heavy atom. The molecule has 148 valence electrons. The summed E-state index contributed by atoms with van der Waals surface area (Å²) in [4.78, 5) is 35.3. The molecule has 0 bridgehead atoms. The van der Waals surface area contributed by atoms with Crippen LogP contribution in [-0.4, -0.2) is 23.8 Å². The Morgan fingerprint density at radius 1 is 1.07 bits per heavy atom. The van der Waals surface area contributed by atoms with Crippen LogP contribution in [-0.2, 0) is 26.9 Å². The Bertz CT molecular complexity index is 876. The van der Waals surface area contributed by atoms with E-state index in [1.807, 2.05) is 0 Å². The van der Waals surface area contributed by atoms with Crippen LogP contribution < -0.4 is 5.32 Å². The van der Waals surface area contributed by atoms with Gasteiger partial charge in [-0.05, 0) is 49.7 Å². The molecule has 0 aliphatic heterocycles. The van der Waals surface area contributed by atoms with Crippen LogP contribution in [0.4, 0.5) is 18.9 Å². The van der Waals surface area contributed by atoms with Crippen molar-refractivity contribution in [3.8, 4) is 0 Å². The topological polar surface area (TPSA) is 72.5 Å². The zero-order valence-electron chi connectivity index (χ0n) is 15.2. The smallest absolute Gasteiger partial charge is 0.416 e. The number of amides is 1. The average Bonchev–Trinajstić information content (AvgIpc) is 2.61. The van der Waals surface area contributed by atoms with Gasteiger partial charge in [0.25, 0.3) is 5.91 Å². The summed E-state index contributed by atoms with van der Waals surface area (Å²) in [5.41, 5.74) is 0.166. The van der Waals surface area contributed by atoms with Crippen molar-refractivity contribution >= 4 is 23.3 Å². The molecule has 0 heterocycles. The van der Waals surface area contributed by atoms with E-state index < -0.39 is 36.1 Å².